The van der Waals surface area contributed by atoms with Crippen LogP contribution in [0.1, 0.15) is 10.4 Å². The highest BCUT2D eigenvalue weighted by Crippen LogP contribution is 2.11. The van der Waals surface area contributed by atoms with Gasteiger partial charge in [0.25, 0.3) is 0 Å². The van der Waals surface area contributed by atoms with Gasteiger partial charge in [-0.3, -0.25) is 4.98 Å². The summed E-state index contributed by atoms with van der Waals surface area (Å²) in [7, 11) is 0. The van der Waals surface area contributed by atoms with Crippen molar-refractivity contribution in [2.45, 2.75) is 19.6 Å². The fraction of sp³-hybridized carbons (Fsp3) is 0.357. The fourth-order valence-corrected chi connectivity index (χ4v) is 2.14. The van der Waals surface area contributed by atoms with E-state index in [1.807, 2.05) is 37.4 Å². The molecule has 102 valence electrons. The Bertz CT molecular complexity index is 471. The van der Waals surface area contributed by atoms with Crippen molar-refractivity contribution in [1.82, 2.24) is 10.3 Å². The van der Waals surface area contributed by atoms with Crippen molar-refractivity contribution in [3.8, 4) is 5.75 Å². The van der Waals surface area contributed by atoms with Gasteiger partial charge in [-0.2, -0.15) is 0 Å². The number of hydrogen-bond acceptors (Lipinski definition) is 5. The summed E-state index contributed by atoms with van der Waals surface area (Å²) in [5.41, 5.74) is 2.99. The first-order valence-corrected chi connectivity index (χ1v) is 7.07. The molecule has 0 aliphatic rings. The van der Waals surface area contributed by atoms with Crippen molar-refractivity contribution in [2.75, 3.05) is 13.2 Å². The molecule has 4 nitrogen and oxygen atoms in total. The Hall–Kier alpha value is -1.43. The number of nitrogens with zero attached hydrogens (tertiary/aromatic N) is 1. The largest absolute Gasteiger partial charge is 0.491 e. The van der Waals surface area contributed by atoms with Crippen LogP contribution in [0.15, 0.2) is 36.0 Å². The second-order valence-corrected chi connectivity index (χ2v) is 5.35. The van der Waals surface area contributed by atoms with Crippen LogP contribution in [0.25, 0.3) is 0 Å². The molecule has 19 heavy (non-hydrogen) atoms. The van der Waals surface area contributed by atoms with Gasteiger partial charge in [-0.05, 0) is 19.1 Å². The van der Waals surface area contributed by atoms with E-state index in [1.54, 1.807) is 16.8 Å². The first-order valence-electron chi connectivity index (χ1n) is 6.19. The molecular formula is C14H18N2O2S. The van der Waals surface area contributed by atoms with Gasteiger partial charge in [0.1, 0.15) is 18.5 Å². The molecule has 0 aliphatic heterocycles. The van der Waals surface area contributed by atoms with Crippen LogP contribution in [-0.4, -0.2) is 29.3 Å². The lowest BCUT2D eigenvalue weighted by atomic mass is 10.2. The highest BCUT2D eigenvalue weighted by Gasteiger charge is 2.05. The van der Waals surface area contributed by atoms with Crippen molar-refractivity contribution < 1.29 is 9.84 Å². The summed E-state index contributed by atoms with van der Waals surface area (Å²) in [6, 6.07) is 7.80. The van der Waals surface area contributed by atoms with Gasteiger partial charge in [0.2, 0.25) is 0 Å². The summed E-state index contributed by atoms with van der Waals surface area (Å²) in [6.45, 7) is 3.55. The van der Waals surface area contributed by atoms with E-state index in [0.717, 1.165) is 17.2 Å². The maximum Gasteiger partial charge on any atom is 0.119 e. The summed E-state index contributed by atoms with van der Waals surface area (Å²) in [5.74, 6) is 0.784. The third kappa shape index (κ3) is 4.98. The highest BCUT2D eigenvalue weighted by molar-refractivity contribution is 7.09. The van der Waals surface area contributed by atoms with Gasteiger partial charge in [-0.1, -0.05) is 17.7 Å². The number of thiazole rings is 1. The van der Waals surface area contributed by atoms with Gasteiger partial charge in [-0.25, -0.2) is 0 Å². The molecule has 0 saturated carbocycles. The molecule has 1 unspecified atom stereocenters. The van der Waals surface area contributed by atoms with Gasteiger partial charge in [-0.15, -0.1) is 11.3 Å². The molecule has 2 N–H and O–H groups in total. The van der Waals surface area contributed by atoms with Gasteiger partial charge in [0, 0.05) is 24.2 Å². The molecule has 0 fully saturated rings. The Labute approximate surface area is 117 Å². The molecule has 1 aromatic carbocycles. The lowest BCUT2D eigenvalue weighted by Crippen LogP contribution is -2.30. The smallest absolute Gasteiger partial charge is 0.119 e. The maximum absolute atomic E-state index is 9.79. The SMILES string of the molecule is Cc1ccc(OCC(O)CNCc2cncs2)cc1. The van der Waals surface area contributed by atoms with E-state index < -0.39 is 6.10 Å². The Kier molecular flexibility index (Phi) is 5.32. The highest BCUT2D eigenvalue weighted by atomic mass is 32.1. The molecule has 0 amide bonds. The molecule has 2 rings (SSSR count). The lowest BCUT2D eigenvalue weighted by molar-refractivity contribution is 0.106. The second-order valence-electron chi connectivity index (χ2n) is 4.38. The molecular weight excluding hydrogens is 260 g/mol. The third-order valence-electron chi connectivity index (χ3n) is 2.63. The quantitative estimate of drug-likeness (QED) is 0.813. The zero-order chi connectivity index (χ0) is 13.5. The summed E-state index contributed by atoms with van der Waals surface area (Å²) in [4.78, 5) is 5.15. The summed E-state index contributed by atoms with van der Waals surface area (Å²) < 4.78 is 5.51. The lowest BCUT2D eigenvalue weighted by Gasteiger charge is -2.13. The normalized spacial score (nSPS) is 12.3. The summed E-state index contributed by atoms with van der Waals surface area (Å²) in [5, 5.41) is 13.0. The van der Waals surface area contributed by atoms with E-state index in [4.69, 9.17) is 4.74 Å². The minimum Gasteiger partial charge on any atom is -0.491 e. The monoisotopic (exact) mass is 278 g/mol. The number of hydrogen-bond donors (Lipinski definition) is 2. The van der Waals surface area contributed by atoms with Crippen molar-refractivity contribution in [1.29, 1.82) is 0 Å². The molecule has 0 spiro atoms. The average Bonchev–Trinajstić information content (AvgIpc) is 2.91. The molecule has 1 atom stereocenters. The molecule has 0 saturated heterocycles. The average molecular weight is 278 g/mol. The van der Waals surface area contributed by atoms with Crippen LogP contribution in [0, 0.1) is 6.92 Å². The van der Waals surface area contributed by atoms with Crippen LogP contribution >= 0.6 is 11.3 Å². The van der Waals surface area contributed by atoms with Crippen LogP contribution in [0.3, 0.4) is 0 Å². The van der Waals surface area contributed by atoms with E-state index >= 15 is 0 Å². The minimum absolute atomic E-state index is 0.290. The van der Waals surface area contributed by atoms with E-state index in [1.165, 1.54) is 5.56 Å². The number of aryl methyl sites for hydroxylation is 1. The molecule has 0 aliphatic carbocycles. The van der Waals surface area contributed by atoms with Crippen LogP contribution < -0.4 is 10.1 Å². The van der Waals surface area contributed by atoms with Gasteiger partial charge < -0.3 is 15.2 Å². The third-order valence-corrected chi connectivity index (χ3v) is 3.41. The zero-order valence-corrected chi connectivity index (χ0v) is 11.7. The topological polar surface area (TPSA) is 54.4 Å². The molecule has 1 heterocycles. The van der Waals surface area contributed by atoms with Crippen molar-refractivity contribution in [3.05, 3.63) is 46.4 Å². The Morgan fingerprint density at radius 1 is 1.37 bits per heavy atom. The first-order chi connectivity index (χ1) is 9.24. The Morgan fingerprint density at radius 2 is 2.16 bits per heavy atom. The van der Waals surface area contributed by atoms with Crippen LogP contribution in [-0.2, 0) is 6.54 Å². The number of aliphatic hydroxyl groups is 1. The minimum atomic E-state index is -0.519. The van der Waals surface area contributed by atoms with Crippen LogP contribution in [0.2, 0.25) is 0 Å². The first kappa shape index (κ1) is 14.0. The van der Waals surface area contributed by atoms with Crippen molar-refractivity contribution in [3.63, 3.8) is 0 Å². The fourth-order valence-electron chi connectivity index (χ4n) is 1.58. The number of nitrogens with one attached hydrogen (secondary N) is 1. The maximum atomic E-state index is 9.79. The van der Waals surface area contributed by atoms with E-state index in [2.05, 4.69) is 10.3 Å². The number of rotatable bonds is 7. The van der Waals surface area contributed by atoms with Gasteiger partial charge in [0.15, 0.2) is 0 Å². The molecule has 0 bridgehead atoms. The Morgan fingerprint density at radius 3 is 2.84 bits per heavy atom. The van der Waals surface area contributed by atoms with Crippen molar-refractivity contribution in [2.24, 2.45) is 0 Å². The predicted octanol–water partition coefficient (Wildman–Crippen LogP) is 1.98. The predicted molar refractivity (Wildman–Crippen MR) is 76.5 cm³/mol. The molecule has 5 heteroatoms. The zero-order valence-electron chi connectivity index (χ0n) is 10.9. The number of ether oxygens (including phenoxy) is 1. The van der Waals surface area contributed by atoms with E-state index in [9.17, 15) is 5.11 Å². The number of benzene rings is 1. The number of aliphatic hydroxyl groups excluding tert-OH is 1. The standard InChI is InChI=1S/C14H18N2O2S/c1-11-2-4-13(5-3-11)18-9-12(17)6-15-7-14-8-16-10-19-14/h2-5,8,10,12,15,17H,6-7,9H2,1H3. The van der Waals surface area contributed by atoms with Crippen LogP contribution in [0.4, 0.5) is 0 Å². The summed E-state index contributed by atoms with van der Waals surface area (Å²) >= 11 is 1.60. The van der Waals surface area contributed by atoms with Crippen molar-refractivity contribution >= 4 is 11.3 Å². The Balaban J connectivity index is 1.64. The number of aromatic nitrogens is 1. The summed E-state index contributed by atoms with van der Waals surface area (Å²) in [6.07, 6.45) is 1.31. The van der Waals surface area contributed by atoms with E-state index in [0.29, 0.717) is 13.2 Å². The second kappa shape index (κ2) is 7.23. The van der Waals surface area contributed by atoms with Gasteiger partial charge in [0.05, 0.1) is 5.51 Å². The van der Waals surface area contributed by atoms with E-state index in [-0.39, 0.29) is 0 Å². The van der Waals surface area contributed by atoms with Crippen LogP contribution in [0.5, 0.6) is 5.75 Å². The molecule has 1 aromatic heterocycles. The van der Waals surface area contributed by atoms with Gasteiger partial charge >= 0.3 is 0 Å². The molecule has 0 radical (unpaired) electrons. The molecule has 2 aromatic rings.